The fourth-order valence-corrected chi connectivity index (χ4v) is 1.39. The van der Waals surface area contributed by atoms with Gasteiger partial charge in [-0.15, -0.1) is 0 Å². The van der Waals surface area contributed by atoms with Crippen molar-refractivity contribution in [1.82, 2.24) is 14.5 Å². The maximum atomic E-state index is 11.4. The third kappa shape index (κ3) is 3.03. The highest BCUT2D eigenvalue weighted by molar-refractivity contribution is 4.79. The van der Waals surface area contributed by atoms with Crippen LogP contribution in [0.3, 0.4) is 0 Å². The maximum absolute atomic E-state index is 11.4. The van der Waals surface area contributed by atoms with E-state index in [0.717, 1.165) is 32.5 Å². The van der Waals surface area contributed by atoms with Gasteiger partial charge in [0.15, 0.2) is 0 Å². The van der Waals surface area contributed by atoms with E-state index < -0.39 is 0 Å². The Morgan fingerprint density at radius 2 is 2.14 bits per heavy atom. The minimum absolute atomic E-state index is 0.0773. The molecule has 1 rings (SSSR count). The van der Waals surface area contributed by atoms with Gasteiger partial charge in [0.05, 0.1) is 0 Å². The van der Waals surface area contributed by atoms with Crippen LogP contribution in [0.1, 0.15) is 19.8 Å². The molecule has 0 saturated carbocycles. The summed E-state index contributed by atoms with van der Waals surface area (Å²) in [5.41, 5.74) is 0.0773. The predicted molar refractivity (Wildman–Crippen MR) is 57.5 cm³/mol. The molecule has 1 heterocycles. The molecule has 0 aliphatic carbocycles. The van der Waals surface area contributed by atoms with E-state index in [1.54, 1.807) is 22.4 Å². The topological polar surface area (TPSA) is 39.0 Å². The first-order valence-corrected chi connectivity index (χ1v) is 5.18. The third-order valence-electron chi connectivity index (χ3n) is 2.27. The molecule has 4 heteroatoms. The van der Waals surface area contributed by atoms with Crippen LogP contribution in [0.25, 0.3) is 0 Å². The highest BCUT2D eigenvalue weighted by atomic mass is 16.1. The lowest BCUT2D eigenvalue weighted by molar-refractivity contribution is 0.561. The van der Waals surface area contributed by atoms with E-state index in [1.165, 1.54) is 0 Å². The van der Waals surface area contributed by atoms with Crippen LogP contribution in [0.2, 0.25) is 0 Å². The molecule has 0 radical (unpaired) electrons. The minimum atomic E-state index is 0.0773. The van der Waals surface area contributed by atoms with Gasteiger partial charge in [-0.25, -0.2) is 4.79 Å². The molecule has 0 saturated heterocycles. The molecule has 4 nitrogen and oxygen atoms in total. The minimum Gasteiger partial charge on any atom is -0.317 e. The highest BCUT2D eigenvalue weighted by Crippen LogP contribution is 1.91. The predicted octanol–water partition coefficient (Wildman–Crippen LogP) is 0.577. The van der Waals surface area contributed by atoms with Crippen LogP contribution < -0.4 is 11.0 Å². The molecule has 14 heavy (non-hydrogen) atoms. The number of nitrogens with zero attached hydrogens (tertiary/aromatic N) is 2. The molecule has 0 fully saturated rings. The van der Waals surface area contributed by atoms with Gasteiger partial charge in [0.2, 0.25) is 0 Å². The Labute approximate surface area is 84.5 Å². The molecular weight excluding hydrogens is 178 g/mol. The number of hydrogen-bond donors (Lipinski definition) is 1. The van der Waals surface area contributed by atoms with Crippen molar-refractivity contribution in [2.45, 2.75) is 26.3 Å². The van der Waals surface area contributed by atoms with Crippen LogP contribution in [0, 0.1) is 0 Å². The van der Waals surface area contributed by atoms with Crippen LogP contribution in [0.4, 0.5) is 0 Å². The zero-order valence-corrected chi connectivity index (χ0v) is 8.99. The molecule has 0 unspecified atom stereocenters. The molecule has 0 bridgehead atoms. The Balaban J connectivity index is 2.25. The van der Waals surface area contributed by atoms with Crippen LogP contribution in [0.5, 0.6) is 0 Å². The van der Waals surface area contributed by atoms with Gasteiger partial charge in [-0.2, -0.15) is 0 Å². The maximum Gasteiger partial charge on any atom is 0.327 e. The van der Waals surface area contributed by atoms with E-state index in [4.69, 9.17) is 0 Å². The molecule has 0 spiro atoms. The van der Waals surface area contributed by atoms with Gasteiger partial charge in [-0.1, -0.05) is 6.92 Å². The summed E-state index contributed by atoms with van der Waals surface area (Å²) in [5.74, 6) is 0. The Hall–Kier alpha value is -1.03. The first kappa shape index (κ1) is 11.0. The fourth-order valence-electron chi connectivity index (χ4n) is 1.39. The molecule has 80 valence electrons. The van der Waals surface area contributed by atoms with E-state index in [1.807, 2.05) is 6.20 Å². The quantitative estimate of drug-likeness (QED) is 0.677. The van der Waals surface area contributed by atoms with E-state index in [0.29, 0.717) is 0 Å². The average Bonchev–Trinajstić information content (AvgIpc) is 2.49. The van der Waals surface area contributed by atoms with Crippen molar-refractivity contribution >= 4 is 0 Å². The van der Waals surface area contributed by atoms with Crippen molar-refractivity contribution in [2.75, 3.05) is 13.1 Å². The van der Waals surface area contributed by atoms with Crippen molar-refractivity contribution < 1.29 is 0 Å². The number of aryl methyl sites for hydroxylation is 2. The van der Waals surface area contributed by atoms with Gasteiger partial charge in [-0.3, -0.25) is 4.57 Å². The Bertz CT molecular complexity index is 313. The van der Waals surface area contributed by atoms with Gasteiger partial charge in [0.1, 0.15) is 0 Å². The van der Waals surface area contributed by atoms with Crippen LogP contribution in [-0.4, -0.2) is 22.2 Å². The molecule has 1 aromatic heterocycles. The highest BCUT2D eigenvalue weighted by Gasteiger charge is 1.98. The van der Waals surface area contributed by atoms with Gasteiger partial charge in [-0.05, 0) is 25.9 Å². The Kier molecular flexibility index (Phi) is 4.46. The standard InChI is InChI=1S/C10H19N3O/c1-3-11-6-4-5-7-13-9-8-12(2)10(13)14/h8-9,11H,3-7H2,1-2H3. The normalized spacial score (nSPS) is 10.7. The van der Waals surface area contributed by atoms with Gasteiger partial charge < -0.3 is 9.88 Å². The van der Waals surface area contributed by atoms with E-state index in [2.05, 4.69) is 12.2 Å². The molecule has 0 aliphatic rings. The lowest BCUT2D eigenvalue weighted by Gasteiger charge is -2.02. The summed E-state index contributed by atoms with van der Waals surface area (Å²) in [5, 5.41) is 3.26. The molecule has 0 amide bonds. The van der Waals surface area contributed by atoms with Crippen molar-refractivity contribution in [2.24, 2.45) is 7.05 Å². The van der Waals surface area contributed by atoms with Crippen molar-refractivity contribution in [1.29, 1.82) is 0 Å². The lowest BCUT2D eigenvalue weighted by atomic mass is 10.3. The van der Waals surface area contributed by atoms with Crippen LogP contribution in [-0.2, 0) is 13.6 Å². The summed E-state index contributed by atoms with van der Waals surface area (Å²) in [7, 11) is 1.78. The van der Waals surface area contributed by atoms with Crippen LogP contribution in [0.15, 0.2) is 17.2 Å². The number of rotatable bonds is 6. The Morgan fingerprint density at radius 3 is 2.71 bits per heavy atom. The van der Waals surface area contributed by atoms with Gasteiger partial charge in [0.25, 0.3) is 0 Å². The number of aromatic nitrogens is 2. The summed E-state index contributed by atoms with van der Waals surface area (Å²) in [6.07, 6.45) is 5.81. The summed E-state index contributed by atoms with van der Waals surface area (Å²) >= 11 is 0. The number of nitrogens with one attached hydrogen (secondary N) is 1. The zero-order valence-electron chi connectivity index (χ0n) is 8.99. The molecule has 0 aromatic carbocycles. The van der Waals surface area contributed by atoms with Gasteiger partial charge in [0, 0.05) is 26.0 Å². The molecule has 0 aliphatic heterocycles. The van der Waals surface area contributed by atoms with Gasteiger partial charge >= 0.3 is 5.69 Å². The second-order valence-electron chi connectivity index (χ2n) is 3.45. The monoisotopic (exact) mass is 197 g/mol. The van der Waals surface area contributed by atoms with Crippen molar-refractivity contribution in [3.05, 3.63) is 22.9 Å². The Morgan fingerprint density at radius 1 is 1.36 bits per heavy atom. The smallest absolute Gasteiger partial charge is 0.317 e. The summed E-state index contributed by atoms with van der Waals surface area (Å²) in [4.78, 5) is 11.4. The van der Waals surface area contributed by atoms with Crippen molar-refractivity contribution in [3.63, 3.8) is 0 Å². The molecular formula is C10H19N3O. The molecule has 0 atom stereocenters. The second kappa shape index (κ2) is 5.65. The molecule has 1 aromatic rings. The summed E-state index contributed by atoms with van der Waals surface area (Å²) < 4.78 is 3.36. The first-order valence-electron chi connectivity index (χ1n) is 5.18. The number of imidazole rings is 1. The number of unbranched alkanes of at least 4 members (excludes halogenated alkanes) is 1. The zero-order chi connectivity index (χ0) is 10.4. The first-order chi connectivity index (χ1) is 6.75. The SMILES string of the molecule is CCNCCCCn1ccn(C)c1=O. The summed E-state index contributed by atoms with van der Waals surface area (Å²) in [6.45, 7) is 4.98. The van der Waals surface area contributed by atoms with Crippen LogP contribution >= 0.6 is 0 Å². The molecule has 1 N–H and O–H groups in total. The fraction of sp³-hybridized carbons (Fsp3) is 0.700. The van der Waals surface area contributed by atoms with E-state index in [9.17, 15) is 4.79 Å². The van der Waals surface area contributed by atoms with Crippen molar-refractivity contribution in [3.8, 4) is 0 Å². The van der Waals surface area contributed by atoms with E-state index >= 15 is 0 Å². The average molecular weight is 197 g/mol. The lowest BCUT2D eigenvalue weighted by Crippen LogP contribution is -2.22. The third-order valence-corrected chi connectivity index (χ3v) is 2.27. The largest absolute Gasteiger partial charge is 0.327 e. The second-order valence-corrected chi connectivity index (χ2v) is 3.45. The summed E-state index contributed by atoms with van der Waals surface area (Å²) in [6, 6.07) is 0. The number of hydrogen-bond acceptors (Lipinski definition) is 2. The van der Waals surface area contributed by atoms with E-state index in [-0.39, 0.29) is 5.69 Å².